The van der Waals surface area contributed by atoms with Crippen LogP contribution in [0, 0.1) is 6.92 Å². The van der Waals surface area contributed by atoms with E-state index in [-0.39, 0.29) is 11.7 Å². The summed E-state index contributed by atoms with van der Waals surface area (Å²) < 4.78 is 11.9. The zero-order valence-corrected chi connectivity index (χ0v) is 16.0. The van der Waals surface area contributed by atoms with Gasteiger partial charge in [0, 0.05) is 30.4 Å². The van der Waals surface area contributed by atoms with Gasteiger partial charge in [0.05, 0.1) is 0 Å². The van der Waals surface area contributed by atoms with E-state index in [9.17, 15) is 4.79 Å². The fourth-order valence-electron chi connectivity index (χ4n) is 3.45. The number of aromatic nitrogens is 2. The van der Waals surface area contributed by atoms with Gasteiger partial charge in [0.15, 0.2) is 11.5 Å². The van der Waals surface area contributed by atoms with Gasteiger partial charge in [-0.3, -0.25) is 9.69 Å². The summed E-state index contributed by atoms with van der Waals surface area (Å²) in [5.41, 5.74) is 2.59. The SMILES string of the molecule is Cc1cc(=O)[nH]c(-c2ccccc2CN(C)CC2COc3ccccc3O2)n1. The molecule has 1 atom stereocenters. The van der Waals surface area contributed by atoms with Crippen LogP contribution in [0.3, 0.4) is 0 Å². The normalized spacial score (nSPS) is 15.6. The average molecular weight is 377 g/mol. The van der Waals surface area contributed by atoms with Gasteiger partial charge in [0.2, 0.25) is 0 Å². The molecule has 0 saturated carbocycles. The van der Waals surface area contributed by atoms with E-state index in [2.05, 4.69) is 20.9 Å². The monoisotopic (exact) mass is 377 g/mol. The Kier molecular flexibility index (Phi) is 5.12. The van der Waals surface area contributed by atoms with Crippen molar-refractivity contribution in [3.8, 4) is 22.9 Å². The number of nitrogens with zero attached hydrogens (tertiary/aromatic N) is 2. The minimum atomic E-state index is -0.142. The fraction of sp³-hybridized carbons (Fsp3) is 0.273. The number of hydrogen-bond acceptors (Lipinski definition) is 5. The maximum atomic E-state index is 11.8. The summed E-state index contributed by atoms with van der Waals surface area (Å²) in [4.78, 5) is 21.4. The number of benzene rings is 2. The molecule has 1 aromatic heterocycles. The molecular weight excluding hydrogens is 354 g/mol. The summed E-state index contributed by atoms with van der Waals surface area (Å²) in [5, 5.41) is 0. The zero-order valence-electron chi connectivity index (χ0n) is 16.0. The lowest BCUT2D eigenvalue weighted by Crippen LogP contribution is -2.39. The highest BCUT2D eigenvalue weighted by Crippen LogP contribution is 2.31. The first-order valence-corrected chi connectivity index (χ1v) is 9.32. The highest BCUT2D eigenvalue weighted by molar-refractivity contribution is 5.60. The van der Waals surface area contributed by atoms with Crippen molar-refractivity contribution in [1.82, 2.24) is 14.9 Å². The molecule has 2 aromatic carbocycles. The molecule has 1 aliphatic rings. The van der Waals surface area contributed by atoms with Crippen LogP contribution >= 0.6 is 0 Å². The van der Waals surface area contributed by atoms with E-state index in [1.165, 1.54) is 6.07 Å². The van der Waals surface area contributed by atoms with Crippen molar-refractivity contribution < 1.29 is 9.47 Å². The second-order valence-corrected chi connectivity index (χ2v) is 7.09. The lowest BCUT2D eigenvalue weighted by atomic mass is 10.1. The lowest BCUT2D eigenvalue weighted by molar-refractivity contribution is 0.0638. The van der Waals surface area contributed by atoms with Gasteiger partial charge in [0.25, 0.3) is 5.56 Å². The number of para-hydroxylation sites is 2. The number of rotatable bonds is 5. The number of aromatic amines is 1. The van der Waals surface area contributed by atoms with Crippen molar-refractivity contribution >= 4 is 0 Å². The van der Waals surface area contributed by atoms with Gasteiger partial charge in [-0.15, -0.1) is 0 Å². The highest BCUT2D eigenvalue weighted by atomic mass is 16.6. The molecule has 0 amide bonds. The molecule has 2 heterocycles. The molecule has 0 radical (unpaired) electrons. The van der Waals surface area contributed by atoms with Crippen LogP contribution in [0.15, 0.2) is 59.4 Å². The van der Waals surface area contributed by atoms with Crippen molar-refractivity contribution in [2.24, 2.45) is 0 Å². The van der Waals surface area contributed by atoms with Gasteiger partial charge in [-0.2, -0.15) is 0 Å². The van der Waals surface area contributed by atoms with E-state index in [1.807, 2.05) is 56.4 Å². The molecule has 144 valence electrons. The molecule has 1 aliphatic heterocycles. The van der Waals surface area contributed by atoms with E-state index in [0.717, 1.165) is 29.2 Å². The van der Waals surface area contributed by atoms with Gasteiger partial charge < -0.3 is 14.5 Å². The summed E-state index contributed by atoms with van der Waals surface area (Å²) in [6.45, 7) is 3.78. The van der Waals surface area contributed by atoms with E-state index < -0.39 is 0 Å². The first-order valence-electron chi connectivity index (χ1n) is 9.32. The van der Waals surface area contributed by atoms with Gasteiger partial charge >= 0.3 is 0 Å². The Balaban J connectivity index is 1.48. The molecule has 28 heavy (non-hydrogen) atoms. The molecule has 0 aliphatic carbocycles. The van der Waals surface area contributed by atoms with Crippen LogP contribution in [-0.2, 0) is 6.54 Å². The summed E-state index contributed by atoms with van der Waals surface area (Å²) >= 11 is 0. The maximum absolute atomic E-state index is 11.8. The predicted molar refractivity (Wildman–Crippen MR) is 108 cm³/mol. The second kappa shape index (κ2) is 7.86. The Hall–Kier alpha value is -3.12. The van der Waals surface area contributed by atoms with E-state index in [1.54, 1.807) is 0 Å². The van der Waals surface area contributed by atoms with Crippen molar-refractivity contribution in [3.63, 3.8) is 0 Å². The molecule has 3 aromatic rings. The van der Waals surface area contributed by atoms with Crippen LogP contribution < -0.4 is 15.0 Å². The Labute approximate surface area is 163 Å². The number of fused-ring (bicyclic) bond motifs is 1. The molecule has 1 unspecified atom stereocenters. The molecule has 1 N–H and O–H groups in total. The fourth-order valence-corrected chi connectivity index (χ4v) is 3.45. The van der Waals surface area contributed by atoms with E-state index in [4.69, 9.17) is 9.47 Å². The Morgan fingerprint density at radius 1 is 1.14 bits per heavy atom. The highest BCUT2D eigenvalue weighted by Gasteiger charge is 2.22. The van der Waals surface area contributed by atoms with E-state index in [0.29, 0.717) is 24.7 Å². The maximum Gasteiger partial charge on any atom is 0.251 e. The lowest BCUT2D eigenvalue weighted by Gasteiger charge is -2.29. The van der Waals surface area contributed by atoms with Crippen molar-refractivity contribution in [1.29, 1.82) is 0 Å². The topological polar surface area (TPSA) is 67.5 Å². The molecule has 4 rings (SSSR count). The molecule has 6 nitrogen and oxygen atoms in total. The quantitative estimate of drug-likeness (QED) is 0.740. The number of H-pyrrole nitrogens is 1. The third kappa shape index (κ3) is 4.07. The Morgan fingerprint density at radius 2 is 1.89 bits per heavy atom. The van der Waals surface area contributed by atoms with E-state index >= 15 is 0 Å². The molecule has 0 spiro atoms. The third-order valence-electron chi connectivity index (χ3n) is 4.67. The van der Waals surface area contributed by atoms with Crippen LogP contribution in [0.2, 0.25) is 0 Å². The number of hydrogen-bond donors (Lipinski definition) is 1. The minimum absolute atomic E-state index is 0.0380. The van der Waals surface area contributed by atoms with Gasteiger partial charge in [0.1, 0.15) is 18.5 Å². The van der Waals surface area contributed by atoms with Gasteiger partial charge in [-0.1, -0.05) is 36.4 Å². The van der Waals surface area contributed by atoms with Crippen molar-refractivity contribution in [2.75, 3.05) is 20.2 Å². The smallest absolute Gasteiger partial charge is 0.251 e. The number of likely N-dealkylation sites (N-methyl/N-ethyl adjacent to an activating group) is 1. The second-order valence-electron chi connectivity index (χ2n) is 7.09. The average Bonchev–Trinajstić information content (AvgIpc) is 2.67. The van der Waals surface area contributed by atoms with Crippen LogP contribution in [0.4, 0.5) is 0 Å². The molecule has 0 fully saturated rings. The molecule has 0 bridgehead atoms. The standard InChI is InChI=1S/C22H23N3O3/c1-15-11-21(26)24-22(23-15)18-8-4-3-7-16(18)12-25(2)13-17-14-27-19-9-5-6-10-20(19)28-17/h3-11,17H,12-14H2,1-2H3,(H,23,24,26). The number of nitrogens with one attached hydrogen (secondary N) is 1. The summed E-state index contributed by atoms with van der Waals surface area (Å²) in [7, 11) is 2.05. The van der Waals surface area contributed by atoms with Gasteiger partial charge in [-0.05, 0) is 31.7 Å². The summed E-state index contributed by atoms with van der Waals surface area (Å²) in [5.74, 6) is 2.18. The molecule has 0 saturated heterocycles. The predicted octanol–water partition coefficient (Wildman–Crippen LogP) is 3.02. The van der Waals surface area contributed by atoms with Gasteiger partial charge in [-0.25, -0.2) is 4.98 Å². The van der Waals surface area contributed by atoms with Crippen molar-refractivity contribution in [2.45, 2.75) is 19.6 Å². The summed E-state index contributed by atoms with van der Waals surface area (Å²) in [6.07, 6.45) is -0.0380. The molecule has 6 heteroatoms. The Bertz CT molecular complexity index is 1030. The number of ether oxygens (including phenoxy) is 2. The first kappa shape index (κ1) is 18.3. The minimum Gasteiger partial charge on any atom is -0.486 e. The summed E-state index contributed by atoms with van der Waals surface area (Å²) in [6, 6.07) is 17.2. The Morgan fingerprint density at radius 3 is 2.71 bits per heavy atom. The third-order valence-corrected chi connectivity index (χ3v) is 4.67. The van der Waals surface area contributed by atoms with Crippen LogP contribution in [0.5, 0.6) is 11.5 Å². The molecular formula is C22H23N3O3. The van der Waals surface area contributed by atoms with Crippen LogP contribution in [0.1, 0.15) is 11.3 Å². The first-order chi connectivity index (χ1) is 13.6. The number of aryl methyl sites for hydroxylation is 1. The van der Waals surface area contributed by atoms with Crippen LogP contribution in [-0.4, -0.2) is 41.2 Å². The largest absolute Gasteiger partial charge is 0.486 e. The zero-order chi connectivity index (χ0) is 19.5. The van der Waals surface area contributed by atoms with Crippen LogP contribution in [0.25, 0.3) is 11.4 Å². The van der Waals surface area contributed by atoms with Crippen molar-refractivity contribution in [3.05, 3.63) is 76.2 Å².